The maximum absolute atomic E-state index is 5.49. The minimum atomic E-state index is -0.259. The van der Waals surface area contributed by atoms with E-state index in [1.54, 1.807) is 0 Å². The minimum Gasteiger partial charge on any atom is -0.372 e. The minimum absolute atomic E-state index is 0.259. The van der Waals surface area contributed by atoms with Crippen LogP contribution < -0.4 is 0 Å². The summed E-state index contributed by atoms with van der Waals surface area (Å²) in [5, 5.41) is 0. The Morgan fingerprint density at radius 1 is 1.06 bits per heavy atom. The molecular formula is C15H22O3. The Balaban J connectivity index is 2.19. The molecule has 0 aliphatic carbocycles. The fraction of sp³-hybridized carbons (Fsp3) is 0.467. The second-order valence-corrected chi connectivity index (χ2v) is 3.69. The molecule has 0 aliphatic heterocycles. The molecule has 1 aromatic carbocycles. The van der Waals surface area contributed by atoms with Crippen molar-refractivity contribution in [3.05, 3.63) is 42.0 Å². The average molecular weight is 250 g/mol. The van der Waals surface area contributed by atoms with Gasteiger partial charge in [-0.3, -0.25) is 0 Å². The zero-order valence-electron chi connectivity index (χ0n) is 11.2. The van der Waals surface area contributed by atoms with E-state index in [4.69, 9.17) is 14.2 Å². The van der Waals surface area contributed by atoms with Gasteiger partial charge in [0.15, 0.2) is 6.29 Å². The smallest absolute Gasteiger partial charge is 0.180 e. The molecule has 0 saturated heterocycles. The quantitative estimate of drug-likeness (QED) is 0.498. The van der Waals surface area contributed by atoms with Gasteiger partial charge in [0.05, 0.1) is 13.2 Å². The molecule has 0 saturated carbocycles. The first-order chi connectivity index (χ1) is 8.86. The van der Waals surface area contributed by atoms with Crippen molar-refractivity contribution < 1.29 is 14.2 Å². The van der Waals surface area contributed by atoms with E-state index in [0.29, 0.717) is 26.4 Å². The Kier molecular flexibility index (Phi) is 8.13. The molecule has 18 heavy (non-hydrogen) atoms. The molecule has 3 nitrogen and oxygen atoms in total. The molecule has 1 aromatic rings. The van der Waals surface area contributed by atoms with Crippen molar-refractivity contribution in [2.75, 3.05) is 26.4 Å². The molecule has 1 rings (SSSR count). The highest BCUT2D eigenvalue weighted by Crippen LogP contribution is 2.01. The highest BCUT2D eigenvalue weighted by Gasteiger charge is 2.06. The van der Waals surface area contributed by atoms with Crippen LogP contribution in [0.1, 0.15) is 19.4 Å². The van der Waals surface area contributed by atoms with Gasteiger partial charge in [0.1, 0.15) is 0 Å². The largest absolute Gasteiger partial charge is 0.372 e. The van der Waals surface area contributed by atoms with E-state index in [1.807, 2.05) is 44.2 Å². The molecule has 0 bridgehead atoms. The number of hydrogen-bond acceptors (Lipinski definition) is 3. The molecule has 0 aliphatic rings. The van der Waals surface area contributed by atoms with Crippen molar-refractivity contribution in [2.45, 2.75) is 20.1 Å². The zero-order valence-corrected chi connectivity index (χ0v) is 11.2. The van der Waals surface area contributed by atoms with Crippen LogP contribution in [0.4, 0.5) is 0 Å². The van der Waals surface area contributed by atoms with E-state index >= 15 is 0 Å². The van der Waals surface area contributed by atoms with E-state index in [9.17, 15) is 0 Å². The van der Waals surface area contributed by atoms with Gasteiger partial charge in [0.25, 0.3) is 0 Å². The van der Waals surface area contributed by atoms with Crippen molar-refractivity contribution in [1.82, 2.24) is 0 Å². The molecule has 3 heteroatoms. The lowest BCUT2D eigenvalue weighted by molar-refractivity contribution is -0.165. The second-order valence-electron chi connectivity index (χ2n) is 3.69. The summed E-state index contributed by atoms with van der Waals surface area (Å²) in [5.74, 6) is 0. The van der Waals surface area contributed by atoms with Crippen LogP contribution in [0.3, 0.4) is 0 Å². The van der Waals surface area contributed by atoms with Crippen molar-refractivity contribution >= 4 is 6.08 Å². The van der Waals surface area contributed by atoms with Crippen molar-refractivity contribution in [3.8, 4) is 0 Å². The van der Waals surface area contributed by atoms with E-state index in [1.165, 1.54) is 5.56 Å². The predicted molar refractivity (Wildman–Crippen MR) is 73.3 cm³/mol. The summed E-state index contributed by atoms with van der Waals surface area (Å²) in [4.78, 5) is 0. The van der Waals surface area contributed by atoms with Crippen LogP contribution in [-0.4, -0.2) is 32.7 Å². The first-order valence-corrected chi connectivity index (χ1v) is 6.39. The highest BCUT2D eigenvalue weighted by molar-refractivity contribution is 5.48. The standard InChI is InChI=1S/C15H22O3/c1-3-17-15(18-4-2)13-16-12-8-11-14-9-6-5-7-10-14/h5-11,15H,3-4,12-13H2,1-2H3. The molecule has 0 radical (unpaired) electrons. The predicted octanol–water partition coefficient (Wildman–Crippen LogP) is 3.12. The monoisotopic (exact) mass is 250 g/mol. The van der Waals surface area contributed by atoms with Gasteiger partial charge in [0.2, 0.25) is 0 Å². The molecule has 0 amide bonds. The van der Waals surface area contributed by atoms with Gasteiger partial charge in [-0.15, -0.1) is 0 Å². The third kappa shape index (κ3) is 6.55. The van der Waals surface area contributed by atoms with Gasteiger partial charge in [-0.25, -0.2) is 0 Å². The van der Waals surface area contributed by atoms with Gasteiger partial charge in [-0.05, 0) is 19.4 Å². The van der Waals surface area contributed by atoms with Gasteiger partial charge in [-0.1, -0.05) is 42.5 Å². The maximum Gasteiger partial charge on any atom is 0.180 e. The zero-order chi connectivity index (χ0) is 13.1. The Hall–Kier alpha value is -1.16. The normalized spacial score (nSPS) is 11.5. The fourth-order valence-corrected chi connectivity index (χ4v) is 1.50. The summed E-state index contributed by atoms with van der Waals surface area (Å²) in [5.41, 5.74) is 1.17. The third-order valence-electron chi connectivity index (χ3n) is 2.28. The Morgan fingerprint density at radius 2 is 1.72 bits per heavy atom. The fourth-order valence-electron chi connectivity index (χ4n) is 1.50. The van der Waals surface area contributed by atoms with E-state index in [2.05, 4.69) is 12.1 Å². The first kappa shape index (κ1) is 14.9. The highest BCUT2D eigenvalue weighted by atomic mass is 16.7. The van der Waals surface area contributed by atoms with Crippen molar-refractivity contribution in [2.24, 2.45) is 0 Å². The average Bonchev–Trinajstić information content (AvgIpc) is 2.40. The van der Waals surface area contributed by atoms with Crippen LogP contribution in [0, 0.1) is 0 Å². The molecular weight excluding hydrogens is 228 g/mol. The maximum atomic E-state index is 5.49. The molecule has 0 spiro atoms. The van der Waals surface area contributed by atoms with Crippen LogP contribution in [-0.2, 0) is 14.2 Å². The van der Waals surface area contributed by atoms with Crippen molar-refractivity contribution in [1.29, 1.82) is 0 Å². The SMILES string of the molecule is CCOC(COCC=Cc1ccccc1)OCC. The Bertz CT molecular complexity index is 316. The Morgan fingerprint density at radius 3 is 2.33 bits per heavy atom. The van der Waals surface area contributed by atoms with Crippen LogP contribution in [0.25, 0.3) is 6.08 Å². The summed E-state index contributed by atoms with van der Waals surface area (Å²) in [7, 11) is 0. The third-order valence-corrected chi connectivity index (χ3v) is 2.28. The lowest BCUT2D eigenvalue weighted by Crippen LogP contribution is -2.23. The van der Waals surface area contributed by atoms with Gasteiger partial charge in [0, 0.05) is 13.2 Å². The summed E-state index contributed by atoms with van der Waals surface area (Å²) < 4.78 is 16.2. The molecule has 0 heterocycles. The summed E-state index contributed by atoms with van der Waals surface area (Å²) in [6.07, 6.45) is 3.77. The second kappa shape index (κ2) is 9.83. The van der Waals surface area contributed by atoms with Gasteiger partial charge in [-0.2, -0.15) is 0 Å². The van der Waals surface area contributed by atoms with Crippen LogP contribution in [0.2, 0.25) is 0 Å². The van der Waals surface area contributed by atoms with Crippen LogP contribution in [0.5, 0.6) is 0 Å². The van der Waals surface area contributed by atoms with Crippen molar-refractivity contribution in [3.63, 3.8) is 0 Å². The number of benzene rings is 1. The molecule has 100 valence electrons. The van der Waals surface area contributed by atoms with Gasteiger partial charge >= 0.3 is 0 Å². The molecule has 0 fully saturated rings. The van der Waals surface area contributed by atoms with Crippen LogP contribution >= 0.6 is 0 Å². The molecule has 0 aromatic heterocycles. The molecule has 0 atom stereocenters. The lowest BCUT2D eigenvalue weighted by Gasteiger charge is -2.16. The number of hydrogen-bond donors (Lipinski definition) is 0. The van der Waals surface area contributed by atoms with E-state index in [0.717, 1.165) is 0 Å². The van der Waals surface area contributed by atoms with Crippen LogP contribution in [0.15, 0.2) is 36.4 Å². The first-order valence-electron chi connectivity index (χ1n) is 6.39. The van der Waals surface area contributed by atoms with E-state index in [-0.39, 0.29) is 6.29 Å². The summed E-state index contributed by atoms with van der Waals surface area (Å²) >= 11 is 0. The van der Waals surface area contributed by atoms with Gasteiger partial charge < -0.3 is 14.2 Å². The van der Waals surface area contributed by atoms with E-state index < -0.39 is 0 Å². The Labute approximate surface area is 109 Å². The number of ether oxygens (including phenoxy) is 3. The summed E-state index contributed by atoms with van der Waals surface area (Å²) in [6.45, 7) is 6.18. The topological polar surface area (TPSA) is 27.7 Å². The summed E-state index contributed by atoms with van der Waals surface area (Å²) in [6, 6.07) is 10.1. The molecule has 0 N–H and O–H groups in total. The lowest BCUT2D eigenvalue weighted by atomic mass is 10.2. The number of rotatable bonds is 9. The molecule has 0 unspecified atom stereocenters.